The average Bonchev–Trinajstić information content (AvgIpc) is 3.38. The summed E-state index contributed by atoms with van der Waals surface area (Å²) in [5, 5.41) is 0. The summed E-state index contributed by atoms with van der Waals surface area (Å²) in [5.74, 6) is 0.196. The monoisotopic (exact) mass is 476 g/mol. The lowest BCUT2D eigenvalue weighted by Crippen LogP contribution is -2.54. The van der Waals surface area contributed by atoms with Gasteiger partial charge < -0.3 is 14.7 Å². The first kappa shape index (κ1) is 24.0. The van der Waals surface area contributed by atoms with E-state index in [4.69, 9.17) is 0 Å². The first-order valence-electron chi connectivity index (χ1n) is 12.2. The zero-order valence-electron chi connectivity index (χ0n) is 19.8. The first-order valence-corrected chi connectivity index (χ1v) is 13.6. The van der Waals surface area contributed by atoms with Gasteiger partial charge in [-0.05, 0) is 49.3 Å². The normalized spacial score (nSPS) is 22.8. The second-order valence-electron chi connectivity index (χ2n) is 9.72. The summed E-state index contributed by atoms with van der Waals surface area (Å²) in [4.78, 5) is 31.7. The molecule has 33 heavy (non-hydrogen) atoms. The lowest BCUT2D eigenvalue weighted by molar-refractivity contribution is -0.138. The molecule has 1 atom stereocenters. The van der Waals surface area contributed by atoms with Crippen LogP contribution >= 0.6 is 0 Å². The number of rotatable bonds is 4. The van der Waals surface area contributed by atoms with E-state index in [0.717, 1.165) is 44.3 Å². The van der Waals surface area contributed by atoms with Gasteiger partial charge in [0.05, 0.1) is 10.8 Å². The molecule has 1 aromatic carbocycles. The zero-order valence-corrected chi connectivity index (χ0v) is 20.6. The Balaban J connectivity index is 1.33. The molecule has 0 radical (unpaired) electrons. The number of nitrogens with zero attached hydrogens (tertiary/aromatic N) is 4. The highest BCUT2D eigenvalue weighted by Gasteiger charge is 2.36. The van der Waals surface area contributed by atoms with E-state index < -0.39 is 10.0 Å². The molecule has 0 spiro atoms. The maximum absolute atomic E-state index is 13.2. The highest BCUT2D eigenvalue weighted by Crippen LogP contribution is 2.24. The summed E-state index contributed by atoms with van der Waals surface area (Å²) in [6, 6.07) is 7.15. The molecule has 1 aromatic rings. The van der Waals surface area contributed by atoms with Crippen LogP contribution in [0.25, 0.3) is 0 Å². The number of carbonyl (C=O) groups is 2. The first-order chi connectivity index (χ1) is 15.8. The molecular weight excluding hydrogens is 440 g/mol. The molecule has 4 rings (SSSR count). The summed E-state index contributed by atoms with van der Waals surface area (Å²) < 4.78 is 27.6. The Morgan fingerprint density at radius 2 is 1.42 bits per heavy atom. The third kappa shape index (κ3) is 5.19. The zero-order chi connectivity index (χ0) is 23.6. The molecule has 0 N–H and O–H groups in total. The minimum Gasteiger partial charge on any atom is -0.340 e. The second kappa shape index (κ2) is 10.0. The Hall–Kier alpha value is -2.13. The SMILES string of the molecule is CC(C)c1ccc(S(=O)(=O)N2CCN(C(=O)C3CCCN(C(=O)N4CCCC4)C3)CC2)cc1. The number of benzene rings is 1. The molecule has 182 valence electrons. The van der Waals surface area contributed by atoms with Crippen molar-refractivity contribution in [1.82, 2.24) is 19.0 Å². The molecule has 3 heterocycles. The van der Waals surface area contributed by atoms with Gasteiger partial charge in [0, 0.05) is 52.4 Å². The van der Waals surface area contributed by atoms with Crippen molar-refractivity contribution >= 4 is 22.0 Å². The summed E-state index contributed by atoms with van der Waals surface area (Å²) in [7, 11) is -3.57. The lowest BCUT2D eigenvalue weighted by Gasteiger charge is -2.39. The maximum atomic E-state index is 13.2. The van der Waals surface area contributed by atoms with Crippen molar-refractivity contribution in [3.05, 3.63) is 29.8 Å². The Morgan fingerprint density at radius 3 is 2.03 bits per heavy atom. The van der Waals surface area contributed by atoms with Crippen LogP contribution in [0.4, 0.5) is 4.79 Å². The molecular formula is C24H36N4O4S. The minimum absolute atomic E-state index is 0.0484. The van der Waals surface area contributed by atoms with Crippen molar-refractivity contribution in [3.8, 4) is 0 Å². The molecule has 3 amide bonds. The van der Waals surface area contributed by atoms with Gasteiger partial charge in [0.25, 0.3) is 0 Å². The third-order valence-corrected chi connectivity index (χ3v) is 9.07. The van der Waals surface area contributed by atoms with Gasteiger partial charge in [-0.1, -0.05) is 26.0 Å². The van der Waals surface area contributed by atoms with Crippen molar-refractivity contribution in [2.45, 2.75) is 50.3 Å². The number of hydrogen-bond donors (Lipinski definition) is 0. The standard InChI is InChI=1S/C24H36N4O4S/c1-19(2)20-7-9-22(10-8-20)33(31,32)28-16-14-25(15-17-28)23(29)21-6-5-13-27(18-21)24(30)26-11-3-4-12-26/h7-10,19,21H,3-6,11-18H2,1-2H3. The van der Waals surface area contributed by atoms with Gasteiger partial charge in [-0.3, -0.25) is 4.79 Å². The average molecular weight is 477 g/mol. The van der Waals surface area contributed by atoms with Gasteiger partial charge in [0.1, 0.15) is 0 Å². The number of carbonyl (C=O) groups excluding carboxylic acids is 2. The topological polar surface area (TPSA) is 81.2 Å². The Morgan fingerprint density at radius 1 is 0.818 bits per heavy atom. The highest BCUT2D eigenvalue weighted by molar-refractivity contribution is 7.89. The predicted octanol–water partition coefficient (Wildman–Crippen LogP) is 2.57. The molecule has 9 heteroatoms. The fraction of sp³-hybridized carbons (Fsp3) is 0.667. The minimum atomic E-state index is -3.57. The van der Waals surface area contributed by atoms with Gasteiger partial charge in [0.15, 0.2) is 0 Å². The van der Waals surface area contributed by atoms with Crippen molar-refractivity contribution in [2.24, 2.45) is 5.92 Å². The van der Waals surface area contributed by atoms with Crippen LogP contribution in [0.1, 0.15) is 51.0 Å². The second-order valence-corrected chi connectivity index (χ2v) is 11.7. The molecule has 0 bridgehead atoms. The van der Waals surface area contributed by atoms with E-state index in [1.54, 1.807) is 17.0 Å². The van der Waals surface area contributed by atoms with E-state index in [1.807, 2.05) is 21.9 Å². The van der Waals surface area contributed by atoms with Gasteiger partial charge in [-0.15, -0.1) is 0 Å². The van der Waals surface area contributed by atoms with E-state index in [1.165, 1.54) is 4.31 Å². The molecule has 3 aliphatic heterocycles. The fourth-order valence-electron chi connectivity index (χ4n) is 5.04. The molecule has 0 aliphatic carbocycles. The quantitative estimate of drug-likeness (QED) is 0.669. The number of sulfonamides is 1. The number of likely N-dealkylation sites (tertiary alicyclic amines) is 2. The molecule has 3 saturated heterocycles. The maximum Gasteiger partial charge on any atom is 0.320 e. The number of piperidine rings is 1. The van der Waals surface area contributed by atoms with Gasteiger partial charge in [0.2, 0.25) is 15.9 Å². The van der Waals surface area contributed by atoms with Crippen LogP contribution in [-0.4, -0.2) is 91.7 Å². The van der Waals surface area contributed by atoms with E-state index >= 15 is 0 Å². The van der Waals surface area contributed by atoms with Crippen LogP contribution in [0.5, 0.6) is 0 Å². The smallest absolute Gasteiger partial charge is 0.320 e. The number of piperazine rings is 1. The van der Waals surface area contributed by atoms with Crippen LogP contribution in [-0.2, 0) is 14.8 Å². The lowest BCUT2D eigenvalue weighted by atomic mass is 9.96. The van der Waals surface area contributed by atoms with Crippen LogP contribution < -0.4 is 0 Å². The molecule has 0 saturated carbocycles. The van der Waals surface area contributed by atoms with E-state index in [0.29, 0.717) is 50.1 Å². The van der Waals surface area contributed by atoms with Crippen molar-refractivity contribution in [2.75, 3.05) is 52.4 Å². The Kier molecular flexibility index (Phi) is 7.28. The van der Waals surface area contributed by atoms with Gasteiger partial charge >= 0.3 is 6.03 Å². The van der Waals surface area contributed by atoms with Crippen LogP contribution in [0, 0.1) is 5.92 Å². The predicted molar refractivity (Wildman–Crippen MR) is 126 cm³/mol. The third-order valence-electron chi connectivity index (χ3n) is 7.15. The number of urea groups is 1. The summed E-state index contributed by atoms with van der Waals surface area (Å²) in [6.07, 6.45) is 3.72. The van der Waals surface area contributed by atoms with Crippen molar-refractivity contribution in [3.63, 3.8) is 0 Å². The Labute approximate surface area is 197 Å². The van der Waals surface area contributed by atoms with E-state index in [9.17, 15) is 18.0 Å². The fourth-order valence-corrected chi connectivity index (χ4v) is 6.46. The van der Waals surface area contributed by atoms with Gasteiger partial charge in [-0.25, -0.2) is 13.2 Å². The summed E-state index contributed by atoms with van der Waals surface area (Å²) >= 11 is 0. The van der Waals surface area contributed by atoms with Crippen LogP contribution in [0.15, 0.2) is 29.2 Å². The molecule has 1 unspecified atom stereocenters. The summed E-state index contributed by atoms with van der Waals surface area (Å²) in [6.45, 7) is 8.32. The molecule has 0 aromatic heterocycles. The number of amides is 3. The van der Waals surface area contributed by atoms with Crippen molar-refractivity contribution < 1.29 is 18.0 Å². The highest BCUT2D eigenvalue weighted by atomic mass is 32.2. The molecule has 3 fully saturated rings. The van der Waals surface area contributed by atoms with E-state index in [2.05, 4.69) is 13.8 Å². The summed E-state index contributed by atoms with van der Waals surface area (Å²) in [5.41, 5.74) is 1.11. The van der Waals surface area contributed by atoms with Gasteiger partial charge in [-0.2, -0.15) is 4.31 Å². The van der Waals surface area contributed by atoms with E-state index in [-0.39, 0.29) is 17.9 Å². The van der Waals surface area contributed by atoms with Crippen LogP contribution in [0.3, 0.4) is 0 Å². The van der Waals surface area contributed by atoms with Crippen LogP contribution in [0.2, 0.25) is 0 Å². The largest absolute Gasteiger partial charge is 0.340 e. The Bertz CT molecular complexity index is 949. The molecule has 3 aliphatic rings. The number of hydrogen-bond acceptors (Lipinski definition) is 4. The van der Waals surface area contributed by atoms with Crippen molar-refractivity contribution in [1.29, 1.82) is 0 Å². The molecule has 8 nitrogen and oxygen atoms in total.